The minimum absolute atomic E-state index is 0.107. The van der Waals surface area contributed by atoms with Crippen LogP contribution in [0, 0.1) is 0 Å². The summed E-state index contributed by atoms with van der Waals surface area (Å²) in [6.45, 7) is 1.32. The van der Waals surface area contributed by atoms with E-state index in [4.69, 9.17) is 0 Å². The van der Waals surface area contributed by atoms with Crippen LogP contribution in [0.15, 0.2) is 6.07 Å². The van der Waals surface area contributed by atoms with Gasteiger partial charge in [0.1, 0.15) is 5.56 Å². The Hall–Kier alpha value is -2.20. The summed E-state index contributed by atoms with van der Waals surface area (Å²) in [6.07, 6.45) is -11.5. The van der Waals surface area contributed by atoms with Gasteiger partial charge in [-0.3, -0.25) is 4.79 Å². The SMILES string of the molecule is CCOC(=O)Cc1nc(OC)cc(C(F)(F)F)c1OC(F)(F)F. The van der Waals surface area contributed by atoms with Crippen molar-refractivity contribution in [3.05, 3.63) is 17.3 Å². The second-order valence-corrected chi connectivity index (χ2v) is 4.02. The smallest absolute Gasteiger partial charge is 0.481 e. The van der Waals surface area contributed by atoms with Crippen LogP contribution in [-0.2, 0) is 22.1 Å². The van der Waals surface area contributed by atoms with Crippen molar-refractivity contribution in [2.75, 3.05) is 13.7 Å². The molecule has 23 heavy (non-hydrogen) atoms. The summed E-state index contributed by atoms with van der Waals surface area (Å²) in [7, 11) is 0.973. The molecule has 1 rings (SSSR count). The molecule has 1 aromatic rings. The van der Waals surface area contributed by atoms with Crippen LogP contribution < -0.4 is 9.47 Å². The Balaban J connectivity index is 3.46. The van der Waals surface area contributed by atoms with Gasteiger partial charge in [0, 0.05) is 6.07 Å². The molecule has 0 aliphatic carbocycles. The van der Waals surface area contributed by atoms with Gasteiger partial charge in [-0.05, 0) is 6.92 Å². The maximum Gasteiger partial charge on any atom is 0.573 e. The van der Waals surface area contributed by atoms with Crippen LogP contribution in [0.4, 0.5) is 26.3 Å². The topological polar surface area (TPSA) is 57.7 Å². The highest BCUT2D eigenvalue weighted by molar-refractivity contribution is 5.73. The maximum atomic E-state index is 13.0. The van der Waals surface area contributed by atoms with E-state index in [0.29, 0.717) is 0 Å². The quantitative estimate of drug-likeness (QED) is 0.605. The number of esters is 1. The molecule has 0 unspecified atom stereocenters. The van der Waals surface area contributed by atoms with Crippen molar-refractivity contribution in [2.24, 2.45) is 0 Å². The first-order valence-electron chi connectivity index (χ1n) is 6.04. The molecule has 0 saturated heterocycles. The lowest BCUT2D eigenvalue weighted by atomic mass is 10.1. The number of hydrogen-bond donors (Lipinski definition) is 0. The third-order valence-corrected chi connectivity index (χ3v) is 2.37. The summed E-state index contributed by atoms with van der Waals surface area (Å²) in [6, 6.07) is 0.246. The van der Waals surface area contributed by atoms with E-state index in [9.17, 15) is 31.1 Å². The summed E-state index contributed by atoms with van der Waals surface area (Å²) in [5.74, 6) is -3.29. The van der Waals surface area contributed by atoms with Crippen LogP contribution in [0.3, 0.4) is 0 Å². The maximum absolute atomic E-state index is 13.0. The number of aromatic nitrogens is 1. The number of hydrogen-bond acceptors (Lipinski definition) is 5. The minimum Gasteiger partial charge on any atom is -0.481 e. The van der Waals surface area contributed by atoms with Gasteiger partial charge in [0.05, 0.1) is 25.8 Å². The molecule has 0 spiro atoms. The molecule has 0 aliphatic rings. The lowest BCUT2D eigenvalue weighted by Gasteiger charge is -2.18. The standard InChI is InChI=1S/C12H11F6NO4/c1-3-22-9(20)5-7-10(23-12(16,17)18)6(11(13,14)15)4-8(19-7)21-2/h4H,3,5H2,1-2H3. The Morgan fingerprint density at radius 3 is 2.26 bits per heavy atom. The Kier molecular flexibility index (Phi) is 5.67. The Morgan fingerprint density at radius 2 is 1.83 bits per heavy atom. The monoisotopic (exact) mass is 347 g/mol. The van der Waals surface area contributed by atoms with Crippen LogP contribution in [0.2, 0.25) is 0 Å². The van der Waals surface area contributed by atoms with Crippen LogP contribution >= 0.6 is 0 Å². The first-order chi connectivity index (χ1) is 10.5. The average molecular weight is 347 g/mol. The fourth-order valence-electron chi connectivity index (χ4n) is 1.57. The van der Waals surface area contributed by atoms with Crippen LogP contribution in [-0.4, -0.2) is 31.0 Å². The first-order valence-corrected chi connectivity index (χ1v) is 6.04. The van der Waals surface area contributed by atoms with Crippen molar-refractivity contribution in [3.8, 4) is 11.6 Å². The van der Waals surface area contributed by atoms with Gasteiger partial charge in [0.2, 0.25) is 5.88 Å². The summed E-state index contributed by atoms with van der Waals surface area (Å²) in [4.78, 5) is 14.8. The predicted octanol–water partition coefficient (Wildman–Crippen LogP) is 3.11. The van der Waals surface area contributed by atoms with E-state index in [1.807, 2.05) is 0 Å². The number of carbonyl (C=O) groups is 1. The Bertz CT molecular complexity index is 570. The molecule has 0 saturated carbocycles. The molecule has 0 radical (unpaired) electrons. The number of alkyl halides is 6. The zero-order valence-electron chi connectivity index (χ0n) is 11.8. The van der Waals surface area contributed by atoms with Crippen molar-refractivity contribution >= 4 is 5.97 Å². The van der Waals surface area contributed by atoms with Gasteiger partial charge in [-0.15, -0.1) is 13.2 Å². The fourth-order valence-corrected chi connectivity index (χ4v) is 1.57. The Labute approximate surface area is 126 Å². The first kappa shape index (κ1) is 18.8. The van der Waals surface area contributed by atoms with E-state index in [0.717, 1.165) is 7.11 Å². The molecule has 1 heterocycles. The molecule has 130 valence electrons. The van der Waals surface area contributed by atoms with Crippen molar-refractivity contribution in [3.63, 3.8) is 0 Å². The van der Waals surface area contributed by atoms with Gasteiger partial charge in [-0.2, -0.15) is 13.2 Å². The number of pyridine rings is 1. The zero-order chi connectivity index (χ0) is 17.8. The molecular formula is C12H11F6NO4. The summed E-state index contributed by atoms with van der Waals surface area (Å²) >= 11 is 0. The number of methoxy groups -OCH3 is 1. The van der Waals surface area contributed by atoms with Gasteiger partial charge in [-0.1, -0.05) is 0 Å². The molecule has 0 bridgehead atoms. The average Bonchev–Trinajstić information content (AvgIpc) is 2.37. The van der Waals surface area contributed by atoms with Crippen molar-refractivity contribution in [2.45, 2.75) is 25.9 Å². The number of rotatable bonds is 5. The largest absolute Gasteiger partial charge is 0.573 e. The third-order valence-electron chi connectivity index (χ3n) is 2.37. The second-order valence-electron chi connectivity index (χ2n) is 4.02. The molecule has 0 amide bonds. The normalized spacial score (nSPS) is 12.0. The highest BCUT2D eigenvalue weighted by Gasteiger charge is 2.42. The van der Waals surface area contributed by atoms with Gasteiger partial charge in [0.15, 0.2) is 5.75 Å². The number of ether oxygens (including phenoxy) is 3. The zero-order valence-corrected chi connectivity index (χ0v) is 11.8. The molecule has 0 aliphatic heterocycles. The molecule has 0 fully saturated rings. The lowest BCUT2D eigenvalue weighted by molar-refractivity contribution is -0.276. The van der Waals surface area contributed by atoms with Crippen LogP contribution in [0.5, 0.6) is 11.6 Å². The summed E-state index contributed by atoms with van der Waals surface area (Å²) in [5.41, 5.74) is -2.66. The van der Waals surface area contributed by atoms with Gasteiger partial charge in [0.25, 0.3) is 0 Å². The summed E-state index contributed by atoms with van der Waals surface area (Å²) < 4.78 is 88.5. The van der Waals surface area contributed by atoms with Crippen molar-refractivity contribution < 1.29 is 45.3 Å². The van der Waals surface area contributed by atoms with Gasteiger partial charge < -0.3 is 14.2 Å². The highest BCUT2D eigenvalue weighted by atomic mass is 19.4. The molecule has 0 N–H and O–H groups in total. The van der Waals surface area contributed by atoms with E-state index in [1.165, 1.54) is 6.92 Å². The van der Waals surface area contributed by atoms with Crippen LogP contribution in [0.1, 0.15) is 18.2 Å². The molecule has 0 atom stereocenters. The van der Waals surface area contributed by atoms with E-state index >= 15 is 0 Å². The van der Waals surface area contributed by atoms with Crippen molar-refractivity contribution in [1.82, 2.24) is 4.98 Å². The van der Waals surface area contributed by atoms with Crippen LogP contribution in [0.25, 0.3) is 0 Å². The van der Waals surface area contributed by atoms with Crippen molar-refractivity contribution in [1.29, 1.82) is 0 Å². The van der Waals surface area contributed by atoms with E-state index in [1.54, 1.807) is 0 Å². The number of halogens is 6. The van der Waals surface area contributed by atoms with Gasteiger partial charge in [-0.25, -0.2) is 4.98 Å². The highest BCUT2D eigenvalue weighted by Crippen LogP contribution is 2.41. The van der Waals surface area contributed by atoms with E-state index in [-0.39, 0.29) is 12.7 Å². The molecule has 11 heteroatoms. The second kappa shape index (κ2) is 6.92. The van der Waals surface area contributed by atoms with Gasteiger partial charge >= 0.3 is 18.5 Å². The number of carbonyl (C=O) groups excluding carboxylic acids is 1. The lowest BCUT2D eigenvalue weighted by Crippen LogP contribution is -2.23. The molecule has 5 nitrogen and oxygen atoms in total. The third kappa shape index (κ3) is 5.49. The van der Waals surface area contributed by atoms with E-state index in [2.05, 4.69) is 19.2 Å². The molecule has 0 aromatic carbocycles. The number of nitrogens with zero attached hydrogens (tertiary/aromatic N) is 1. The molecular weight excluding hydrogens is 336 g/mol. The van der Waals surface area contributed by atoms with E-state index < -0.39 is 47.8 Å². The predicted molar refractivity (Wildman–Crippen MR) is 62.8 cm³/mol. The Morgan fingerprint density at radius 1 is 1.22 bits per heavy atom. The molecule has 1 aromatic heterocycles. The summed E-state index contributed by atoms with van der Waals surface area (Å²) in [5, 5.41) is 0. The fraction of sp³-hybridized carbons (Fsp3) is 0.500. The minimum atomic E-state index is -5.40.